The lowest BCUT2D eigenvalue weighted by Crippen LogP contribution is -2.12. The summed E-state index contributed by atoms with van der Waals surface area (Å²) >= 11 is 1.32. The number of halogens is 2. The Morgan fingerprint density at radius 3 is 2.50 bits per heavy atom. The number of aromatic nitrogens is 6. The third-order valence-corrected chi connectivity index (χ3v) is 4.95. The second-order valence-electron chi connectivity index (χ2n) is 7.04. The molecule has 0 saturated carbocycles. The van der Waals surface area contributed by atoms with E-state index in [4.69, 9.17) is 0 Å². The smallest absolute Gasteiger partial charge is 0.235 e. The molecule has 0 spiro atoms. The van der Waals surface area contributed by atoms with Crippen molar-refractivity contribution in [2.24, 2.45) is 7.05 Å². The summed E-state index contributed by atoms with van der Waals surface area (Å²) in [7, 11) is 1.85. The van der Waals surface area contributed by atoms with Crippen molar-refractivity contribution in [3.05, 3.63) is 41.6 Å². The van der Waals surface area contributed by atoms with Gasteiger partial charge in [0.05, 0.1) is 17.0 Å². The van der Waals surface area contributed by atoms with Crippen LogP contribution in [0.15, 0.2) is 24.3 Å². The van der Waals surface area contributed by atoms with Gasteiger partial charge in [-0.1, -0.05) is 32.1 Å². The van der Waals surface area contributed by atoms with Gasteiger partial charge in [-0.05, 0) is 24.3 Å². The van der Waals surface area contributed by atoms with E-state index in [2.05, 4.69) is 41.2 Å². The first kappa shape index (κ1) is 16.8. The summed E-state index contributed by atoms with van der Waals surface area (Å²) in [6, 6.07) is 5.20. The van der Waals surface area contributed by atoms with E-state index < -0.39 is 11.6 Å². The molecular weight excluding hydrogens is 358 g/mol. The van der Waals surface area contributed by atoms with E-state index in [1.54, 1.807) is 4.68 Å². The van der Waals surface area contributed by atoms with Crippen LogP contribution in [0.5, 0.6) is 0 Å². The number of fused-ring (bicyclic) bond motifs is 1. The first-order valence-electron chi connectivity index (χ1n) is 7.96. The van der Waals surface area contributed by atoms with Crippen LogP contribution in [0, 0.1) is 11.6 Å². The summed E-state index contributed by atoms with van der Waals surface area (Å²) in [5.41, 5.74) is 1.70. The van der Waals surface area contributed by atoms with Gasteiger partial charge in [0.15, 0.2) is 10.8 Å². The lowest BCUT2D eigenvalue weighted by atomic mass is 9.92. The predicted octanol–water partition coefficient (Wildman–Crippen LogP) is 3.83. The molecule has 0 N–H and O–H groups in total. The Hall–Kier alpha value is -2.68. The summed E-state index contributed by atoms with van der Waals surface area (Å²) in [5, 5.41) is 17.7. The molecule has 0 amide bonds. The van der Waals surface area contributed by atoms with Crippen LogP contribution in [0.4, 0.5) is 8.78 Å². The highest BCUT2D eigenvalue weighted by molar-refractivity contribution is 7.19. The predicted molar refractivity (Wildman–Crippen MR) is 94.9 cm³/mol. The highest BCUT2D eigenvalue weighted by Gasteiger charge is 2.23. The van der Waals surface area contributed by atoms with Crippen LogP contribution in [0.3, 0.4) is 0 Å². The number of hydrogen-bond acceptors (Lipinski definition) is 5. The number of aryl methyl sites for hydroxylation is 1. The summed E-state index contributed by atoms with van der Waals surface area (Å²) in [6.45, 7) is 6.26. The van der Waals surface area contributed by atoms with Gasteiger partial charge in [-0.25, -0.2) is 8.78 Å². The van der Waals surface area contributed by atoms with Crippen molar-refractivity contribution in [3.8, 4) is 22.1 Å². The van der Waals surface area contributed by atoms with Gasteiger partial charge in [0.2, 0.25) is 4.96 Å². The summed E-state index contributed by atoms with van der Waals surface area (Å²) in [5.74, 6) is -0.960. The van der Waals surface area contributed by atoms with E-state index in [9.17, 15) is 8.78 Å². The fraction of sp³-hybridized carbons (Fsp3) is 0.294. The molecular formula is C17H16F2N6S. The van der Waals surface area contributed by atoms with Crippen LogP contribution in [0.25, 0.3) is 27.1 Å². The minimum atomic E-state index is -0.578. The van der Waals surface area contributed by atoms with Crippen LogP contribution in [0.2, 0.25) is 0 Å². The first-order chi connectivity index (χ1) is 12.2. The normalized spacial score (nSPS) is 12.2. The Balaban J connectivity index is 1.85. The van der Waals surface area contributed by atoms with Crippen LogP contribution in [-0.4, -0.2) is 29.6 Å². The van der Waals surface area contributed by atoms with Crippen LogP contribution in [0.1, 0.15) is 26.5 Å². The van der Waals surface area contributed by atoms with Crippen LogP contribution >= 0.6 is 11.3 Å². The van der Waals surface area contributed by atoms with Crippen molar-refractivity contribution < 1.29 is 8.78 Å². The van der Waals surface area contributed by atoms with E-state index in [0.29, 0.717) is 9.97 Å². The van der Waals surface area contributed by atoms with E-state index in [1.807, 2.05) is 13.1 Å². The molecule has 0 fully saturated rings. The summed E-state index contributed by atoms with van der Waals surface area (Å²) in [6.07, 6.45) is 0. The molecule has 0 bridgehead atoms. The van der Waals surface area contributed by atoms with Gasteiger partial charge in [-0.2, -0.15) is 14.7 Å². The molecule has 134 valence electrons. The maximum absolute atomic E-state index is 14.1. The largest absolute Gasteiger partial charge is 0.265 e. The second-order valence-corrected chi connectivity index (χ2v) is 7.99. The maximum Gasteiger partial charge on any atom is 0.235 e. The molecule has 0 aliphatic carbocycles. The van der Waals surface area contributed by atoms with Crippen molar-refractivity contribution in [3.63, 3.8) is 0 Å². The second kappa shape index (κ2) is 5.66. The molecule has 6 nitrogen and oxygen atoms in total. The third kappa shape index (κ3) is 2.68. The highest BCUT2D eigenvalue weighted by atomic mass is 32.1. The van der Waals surface area contributed by atoms with Crippen molar-refractivity contribution in [2.45, 2.75) is 26.2 Å². The fourth-order valence-electron chi connectivity index (χ4n) is 2.59. The van der Waals surface area contributed by atoms with E-state index in [0.717, 1.165) is 29.6 Å². The number of rotatable bonds is 2. The SMILES string of the molecule is Cn1nc(C(C)(C)C)cc1-c1nn2c(-c3cc(F)ccc3F)nnc2s1. The molecule has 0 unspecified atom stereocenters. The zero-order valence-electron chi connectivity index (χ0n) is 14.7. The third-order valence-electron chi connectivity index (χ3n) is 4.03. The molecule has 4 rings (SSSR count). The molecule has 0 saturated heterocycles. The molecule has 4 aromatic rings. The Morgan fingerprint density at radius 2 is 1.81 bits per heavy atom. The van der Waals surface area contributed by atoms with Crippen molar-refractivity contribution >= 4 is 16.3 Å². The van der Waals surface area contributed by atoms with Gasteiger partial charge in [0, 0.05) is 12.5 Å². The summed E-state index contributed by atoms with van der Waals surface area (Å²) < 4.78 is 30.8. The van der Waals surface area contributed by atoms with Gasteiger partial charge in [-0.15, -0.1) is 10.2 Å². The van der Waals surface area contributed by atoms with Gasteiger partial charge in [-0.3, -0.25) is 4.68 Å². The number of benzene rings is 1. The molecule has 9 heteroatoms. The van der Waals surface area contributed by atoms with Crippen LogP contribution < -0.4 is 0 Å². The molecule has 3 aromatic heterocycles. The minimum Gasteiger partial charge on any atom is -0.265 e. The molecule has 0 radical (unpaired) electrons. The summed E-state index contributed by atoms with van der Waals surface area (Å²) in [4.78, 5) is 0.497. The number of nitrogens with zero attached hydrogens (tertiary/aromatic N) is 6. The molecule has 26 heavy (non-hydrogen) atoms. The average Bonchev–Trinajstić information content (AvgIpc) is 3.22. The molecule has 0 aliphatic heterocycles. The molecule has 1 aromatic carbocycles. The van der Waals surface area contributed by atoms with E-state index >= 15 is 0 Å². The lowest BCUT2D eigenvalue weighted by Gasteiger charge is -2.13. The Kier molecular flexibility index (Phi) is 3.65. The highest BCUT2D eigenvalue weighted by Crippen LogP contribution is 2.31. The standard InChI is InChI=1S/C17H16F2N6S/c1-17(2,3)13-8-12(24(4)22-13)15-23-25-14(20-21-16(25)26-15)10-7-9(18)5-6-11(10)19/h5-8H,1-4H3. The Bertz CT molecular complexity index is 1120. The quantitative estimate of drug-likeness (QED) is 0.535. The zero-order valence-corrected chi connectivity index (χ0v) is 15.5. The van der Waals surface area contributed by atoms with Gasteiger partial charge >= 0.3 is 0 Å². The van der Waals surface area contributed by atoms with Gasteiger partial charge < -0.3 is 0 Å². The average molecular weight is 374 g/mol. The van der Waals surface area contributed by atoms with Crippen LogP contribution in [-0.2, 0) is 12.5 Å². The topological polar surface area (TPSA) is 60.9 Å². The van der Waals surface area contributed by atoms with Gasteiger partial charge in [0.25, 0.3) is 0 Å². The number of hydrogen-bond donors (Lipinski definition) is 0. The zero-order chi connectivity index (χ0) is 18.6. The lowest BCUT2D eigenvalue weighted by molar-refractivity contribution is 0.553. The fourth-order valence-corrected chi connectivity index (χ4v) is 3.48. The molecule has 0 aliphatic rings. The first-order valence-corrected chi connectivity index (χ1v) is 8.78. The Labute approximate surface area is 152 Å². The molecule has 0 atom stereocenters. The van der Waals surface area contributed by atoms with Crippen molar-refractivity contribution in [1.29, 1.82) is 0 Å². The minimum absolute atomic E-state index is 0.0229. The van der Waals surface area contributed by atoms with E-state index in [-0.39, 0.29) is 16.8 Å². The van der Waals surface area contributed by atoms with Crippen molar-refractivity contribution in [1.82, 2.24) is 29.6 Å². The maximum atomic E-state index is 14.1. The molecule has 3 heterocycles. The Morgan fingerprint density at radius 1 is 1.04 bits per heavy atom. The van der Waals surface area contributed by atoms with Gasteiger partial charge in [0.1, 0.15) is 11.6 Å². The van der Waals surface area contributed by atoms with Crippen molar-refractivity contribution in [2.75, 3.05) is 0 Å². The van der Waals surface area contributed by atoms with E-state index in [1.165, 1.54) is 15.9 Å². The monoisotopic (exact) mass is 374 g/mol.